The molecule has 0 aromatic carbocycles. The second kappa shape index (κ2) is 11.2. The quantitative estimate of drug-likeness (QED) is 0.167. The molecule has 0 saturated carbocycles. The highest BCUT2D eigenvalue weighted by Gasteiger charge is 2.55. The molecule has 0 spiro atoms. The van der Waals surface area contributed by atoms with Crippen LogP contribution in [0.4, 0.5) is 0 Å². The lowest BCUT2D eigenvalue weighted by molar-refractivity contribution is -0.297. The van der Waals surface area contributed by atoms with Gasteiger partial charge in [-0.2, -0.15) is 0 Å². The zero-order valence-electron chi connectivity index (χ0n) is 24.7. The fourth-order valence-corrected chi connectivity index (χ4v) is 6.07. The Kier molecular flexibility index (Phi) is 9.34. The summed E-state index contributed by atoms with van der Waals surface area (Å²) in [7, 11) is 0. The van der Waals surface area contributed by atoms with E-state index in [1.54, 1.807) is 53.7 Å². The largest absolute Gasteiger partial charge is 0.387 e. The van der Waals surface area contributed by atoms with E-state index in [1.165, 1.54) is 0 Å². The molecule has 220 valence electrons. The van der Waals surface area contributed by atoms with Crippen LogP contribution in [0.5, 0.6) is 0 Å². The van der Waals surface area contributed by atoms with Crippen molar-refractivity contribution in [1.82, 2.24) is 0 Å². The van der Waals surface area contributed by atoms with Crippen LogP contribution in [0.25, 0.3) is 0 Å². The molecule has 4 N–H and O–H groups in total. The second-order valence-electron chi connectivity index (χ2n) is 13.9. The minimum Gasteiger partial charge on any atom is -0.387 e. The van der Waals surface area contributed by atoms with E-state index in [0.29, 0.717) is 12.8 Å². The topological polar surface area (TPSA) is 118 Å². The highest BCUT2D eigenvalue weighted by molar-refractivity contribution is 5.07. The molecule has 0 aromatic heterocycles. The third kappa shape index (κ3) is 7.67. The van der Waals surface area contributed by atoms with Crippen molar-refractivity contribution in [3.63, 3.8) is 0 Å². The van der Waals surface area contributed by atoms with Crippen LogP contribution in [0, 0.1) is 0 Å². The zero-order valence-corrected chi connectivity index (χ0v) is 24.7. The number of hydrogen-bond acceptors (Lipinski definition) is 8. The van der Waals surface area contributed by atoms with Crippen molar-refractivity contribution in [2.24, 2.45) is 0 Å². The van der Waals surface area contributed by atoms with Gasteiger partial charge in [-0.3, -0.25) is 5.26 Å². The van der Waals surface area contributed by atoms with Gasteiger partial charge in [0.25, 0.3) is 0 Å². The summed E-state index contributed by atoms with van der Waals surface area (Å²) in [6, 6.07) is 0. The first-order valence-electron chi connectivity index (χ1n) is 14.2. The van der Waals surface area contributed by atoms with Crippen LogP contribution in [0.1, 0.15) is 107 Å². The van der Waals surface area contributed by atoms with E-state index in [0.717, 1.165) is 38.5 Å². The van der Waals surface area contributed by atoms with Crippen LogP contribution in [-0.4, -0.2) is 78.6 Å². The van der Waals surface area contributed by atoms with E-state index in [1.807, 2.05) is 12.2 Å². The Morgan fingerprint density at radius 3 is 1.55 bits per heavy atom. The molecule has 8 nitrogen and oxygen atoms in total. The molecule has 0 bridgehead atoms. The summed E-state index contributed by atoms with van der Waals surface area (Å²) in [6.45, 7) is 14.6. The molecule has 3 aliphatic heterocycles. The molecule has 3 saturated heterocycles. The first kappa shape index (κ1) is 31.7. The highest BCUT2D eigenvalue weighted by atomic mass is 17.1. The summed E-state index contributed by atoms with van der Waals surface area (Å²) in [4.78, 5) is 4.44. The van der Waals surface area contributed by atoms with Crippen LogP contribution in [0.3, 0.4) is 0 Å². The Morgan fingerprint density at radius 2 is 1.16 bits per heavy atom. The van der Waals surface area contributed by atoms with Crippen LogP contribution in [-0.2, 0) is 19.1 Å². The monoisotopic (exact) mass is 540 g/mol. The minimum absolute atomic E-state index is 0.0937. The Hall–Kier alpha value is -0.840. The highest BCUT2D eigenvalue weighted by Crippen LogP contribution is 2.48. The molecule has 0 aromatic rings. The maximum atomic E-state index is 11.2. The molecule has 0 aliphatic carbocycles. The van der Waals surface area contributed by atoms with Crippen molar-refractivity contribution in [2.75, 3.05) is 0 Å². The maximum Gasteiger partial charge on any atom is 0.116 e. The minimum atomic E-state index is -1.06. The predicted octanol–water partition coefficient (Wildman–Crippen LogP) is 4.84. The normalized spacial score (nSPS) is 38.3. The number of hydrogen-bond donors (Lipinski definition) is 4. The van der Waals surface area contributed by atoms with Gasteiger partial charge in [-0.1, -0.05) is 24.3 Å². The fraction of sp³-hybridized carbons (Fsp3) is 0.867. The van der Waals surface area contributed by atoms with Crippen molar-refractivity contribution in [2.45, 2.75) is 165 Å². The summed E-state index contributed by atoms with van der Waals surface area (Å²) in [5.41, 5.74) is -4.81. The first-order valence-corrected chi connectivity index (χ1v) is 14.2. The van der Waals surface area contributed by atoms with Gasteiger partial charge in [0, 0.05) is 0 Å². The molecule has 0 amide bonds. The van der Waals surface area contributed by atoms with E-state index < -0.39 is 33.6 Å². The molecule has 38 heavy (non-hydrogen) atoms. The van der Waals surface area contributed by atoms with E-state index in [4.69, 9.17) is 19.5 Å². The van der Waals surface area contributed by atoms with Gasteiger partial charge < -0.3 is 29.5 Å². The SMILES string of the molecule is CC(C)(O)/C=C/C[C@](C)(O)[C@H]1CC[C@@](C)([C@H]2CC[C@H]([C@]3(C)CC[C@H]([C@@](C)(O)C/C=C/C(C)(C)OO)O3)O2)O1. The summed E-state index contributed by atoms with van der Waals surface area (Å²) in [5.74, 6) is 0. The van der Waals surface area contributed by atoms with E-state index in [-0.39, 0.29) is 24.4 Å². The van der Waals surface area contributed by atoms with Gasteiger partial charge >= 0.3 is 0 Å². The van der Waals surface area contributed by atoms with Crippen molar-refractivity contribution < 1.29 is 39.7 Å². The molecular weight excluding hydrogens is 488 g/mol. The van der Waals surface area contributed by atoms with E-state index in [2.05, 4.69) is 18.7 Å². The standard InChI is InChI=1S/C30H52O8/c1-25(2,31)15-9-17-27(5,32)21-13-19-29(7,36-21)23-11-12-24(35-23)30(8)20-14-22(37-30)28(6,33)18-10-16-26(3,4)38-34/h9-10,15-16,21-24,31-34H,11-14,17-20H2,1-8H3/b15-9+,16-10+/t21-,22-,23-,24-,27+,28+,29+,30+/m1/s1. The van der Waals surface area contributed by atoms with Gasteiger partial charge in [-0.25, -0.2) is 4.89 Å². The van der Waals surface area contributed by atoms with Crippen LogP contribution < -0.4 is 0 Å². The second-order valence-corrected chi connectivity index (χ2v) is 13.9. The molecule has 3 rings (SSSR count). The lowest BCUT2D eigenvalue weighted by Crippen LogP contribution is -2.47. The molecule has 3 aliphatic rings. The lowest BCUT2D eigenvalue weighted by Gasteiger charge is -2.38. The Balaban J connectivity index is 1.57. The van der Waals surface area contributed by atoms with Crippen LogP contribution >= 0.6 is 0 Å². The number of aliphatic hydroxyl groups is 3. The van der Waals surface area contributed by atoms with Crippen molar-refractivity contribution >= 4 is 0 Å². The summed E-state index contributed by atoms with van der Waals surface area (Å²) in [5, 5.41) is 41.2. The Morgan fingerprint density at radius 1 is 0.737 bits per heavy atom. The molecular formula is C30H52O8. The fourth-order valence-electron chi connectivity index (χ4n) is 6.07. The Labute approximate surface area is 228 Å². The summed E-state index contributed by atoms with van der Waals surface area (Å²) < 4.78 is 19.6. The Bertz CT molecular complexity index is 857. The smallest absolute Gasteiger partial charge is 0.116 e. The van der Waals surface area contributed by atoms with Crippen LogP contribution in [0.2, 0.25) is 0 Å². The summed E-state index contributed by atoms with van der Waals surface area (Å²) in [6.07, 6.45) is 11.8. The molecule has 3 fully saturated rings. The van der Waals surface area contributed by atoms with Gasteiger partial charge in [0.05, 0.1) is 52.4 Å². The third-order valence-corrected chi connectivity index (χ3v) is 8.74. The molecule has 0 unspecified atom stereocenters. The van der Waals surface area contributed by atoms with Gasteiger partial charge in [0.1, 0.15) is 5.60 Å². The lowest BCUT2D eigenvalue weighted by atomic mass is 9.89. The van der Waals surface area contributed by atoms with Crippen molar-refractivity contribution in [3.8, 4) is 0 Å². The number of ether oxygens (including phenoxy) is 3. The molecule has 0 radical (unpaired) electrons. The van der Waals surface area contributed by atoms with E-state index in [9.17, 15) is 15.3 Å². The van der Waals surface area contributed by atoms with E-state index >= 15 is 0 Å². The predicted molar refractivity (Wildman–Crippen MR) is 146 cm³/mol. The van der Waals surface area contributed by atoms with Crippen molar-refractivity contribution in [1.29, 1.82) is 0 Å². The molecule has 3 heterocycles. The summed E-state index contributed by atoms with van der Waals surface area (Å²) >= 11 is 0. The zero-order chi connectivity index (χ0) is 28.6. The van der Waals surface area contributed by atoms with Crippen molar-refractivity contribution in [3.05, 3.63) is 24.3 Å². The van der Waals surface area contributed by atoms with Gasteiger partial charge in [-0.05, 0) is 107 Å². The molecule has 8 heteroatoms. The van der Waals surface area contributed by atoms with Gasteiger partial charge in [-0.15, -0.1) is 0 Å². The van der Waals surface area contributed by atoms with Gasteiger partial charge in [0.2, 0.25) is 0 Å². The maximum absolute atomic E-state index is 11.2. The third-order valence-electron chi connectivity index (χ3n) is 8.74. The average Bonchev–Trinajstić information content (AvgIpc) is 3.52. The van der Waals surface area contributed by atoms with Gasteiger partial charge in [0.15, 0.2) is 0 Å². The average molecular weight is 541 g/mol. The first-order chi connectivity index (χ1) is 17.3. The number of rotatable bonds is 11. The molecule has 8 atom stereocenters. The van der Waals surface area contributed by atoms with Crippen LogP contribution in [0.15, 0.2) is 24.3 Å².